The van der Waals surface area contributed by atoms with Crippen molar-refractivity contribution in [3.63, 3.8) is 0 Å². The average Bonchev–Trinajstić information content (AvgIpc) is 3.31. The molecule has 2 N–H and O–H groups in total. The van der Waals surface area contributed by atoms with E-state index in [9.17, 15) is 14.3 Å². The Kier molecular flexibility index (Phi) is 7.87. The standard InChI is InChI=1S/C30H27ClNO4PS/c1-36-25-13-8-20(9-14-25)5-4-16-37(34,35)29(27-19-38-28-15-11-23(31)18-26(27)28)30(33)32-24-12-10-21-6-2-3-7-22(21)17-24/h2-3,6-15,17-19,29H,4-5,16H2,1H3,(H,32,33)(H,34,35). The van der Waals surface area contributed by atoms with E-state index in [0.717, 1.165) is 32.2 Å². The Morgan fingerprint density at radius 1 is 1.03 bits per heavy atom. The maximum absolute atomic E-state index is 13.9. The molecule has 1 aromatic heterocycles. The second-order valence-electron chi connectivity index (χ2n) is 9.22. The maximum Gasteiger partial charge on any atom is 0.241 e. The van der Waals surface area contributed by atoms with Gasteiger partial charge in [-0.25, -0.2) is 0 Å². The zero-order chi connectivity index (χ0) is 26.7. The Labute approximate surface area is 230 Å². The normalized spacial score (nSPS) is 13.8. The molecular formula is C30H27ClNO4PS. The SMILES string of the molecule is COc1ccc(CCCP(=O)(O)C(C(=O)Nc2ccc3ccccc3c2)c2csc3ccc(Cl)cc23)cc1. The van der Waals surface area contributed by atoms with Gasteiger partial charge in [0.2, 0.25) is 13.3 Å². The highest BCUT2D eigenvalue weighted by atomic mass is 35.5. The molecule has 0 saturated heterocycles. The summed E-state index contributed by atoms with van der Waals surface area (Å²) < 4.78 is 20.0. The van der Waals surface area contributed by atoms with Crippen LogP contribution in [0.1, 0.15) is 23.2 Å². The number of carbonyl (C=O) groups excluding carboxylic acids is 1. The van der Waals surface area contributed by atoms with Crippen molar-refractivity contribution in [1.29, 1.82) is 0 Å². The smallest absolute Gasteiger partial charge is 0.241 e. The molecule has 0 aliphatic carbocycles. The minimum Gasteiger partial charge on any atom is -0.497 e. The number of ether oxygens (including phenoxy) is 1. The first-order chi connectivity index (χ1) is 18.3. The molecule has 0 radical (unpaired) electrons. The fourth-order valence-corrected chi connectivity index (χ4v) is 7.87. The van der Waals surface area contributed by atoms with E-state index >= 15 is 0 Å². The lowest BCUT2D eigenvalue weighted by Crippen LogP contribution is -2.22. The molecule has 1 amide bonds. The summed E-state index contributed by atoms with van der Waals surface area (Å²) in [7, 11) is -2.36. The summed E-state index contributed by atoms with van der Waals surface area (Å²) in [5.41, 5.74) is 0.920. The van der Waals surface area contributed by atoms with Gasteiger partial charge in [0.15, 0.2) is 0 Å². The van der Waals surface area contributed by atoms with Crippen molar-refractivity contribution in [1.82, 2.24) is 0 Å². The number of methoxy groups -OCH3 is 1. The van der Waals surface area contributed by atoms with Crippen molar-refractivity contribution in [3.05, 3.63) is 106 Å². The summed E-state index contributed by atoms with van der Waals surface area (Å²) in [6.07, 6.45) is 1.08. The van der Waals surface area contributed by atoms with Gasteiger partial charge in [-0.05, 0) is 88.0 Å². The van der Waals surface area contributed by atoms with Crippen LogP contribution in [0.25, 0.3) is 20.9 Å². The van der Waals surface area contributed by atoms with Crippen LogP contribution in [-0.2, 0) is 15.8 Å². The molecule has 5 nitrogen and oxygen atoms in total. The highest BCUT2D eigenvalue weighted by molar-refractivity contribution is 7.59. The molecular weight excluding hydrogens is 537 g/mol. The number of anilines is 1. The van der Waals surface area contributed by atoms with Crippen LogP contribution >= 0.6 is 30.3 Å². The number of hydrogen-bond acceptors (Lipinski definition) is 4. The first-order valence-corrected chi connectivity index (χ1v) is 15.4. The minimum absolute atomic E-state index is 0.00669. The van der Waals surface area contributed by atoms with Crippen LogP contribution in [0.15, 0.2) is 90.3 Å². The van der Waals surface area contributed by atoms with Crippen LogP contribution in [-0.4, -0.2) is 24.1 Å². The Morgan fingerprint density at radius 2 is 1.79 bits per heavy atom. The number of benzene rings is 4. The van der Waals surface area contributed by atoms with Crippen molar-refractivity contribution in [3.8, 4) is 5.75 Å². The van der Waals surface area contributed by atoms with Crippen LogP contribution < -0.4 is 10.1 Å². The third-order valence-corrected chi connectivity index (χ3v) is 10.1. The maximum atomic E-state index is 13.9. The molecule has 0 spiro atoms. The second-order valence-corrected chi connectivity index (χ2v) is 13.0. The van der Waals surface area contributed by atoms with Gasteiger partial charge in [0.25, 0.3) is 0 Å². The van der Waals surface area contributed by atoms with E-state index in [1.807, 2.05) is 72.8 Å². The number of fused-ring (bicyclic) bond motifs is 2. The van der Waals surface area contributed by atoms with Crippen molar-refractivity contribution < 1.29 is 19.0 Å². The monoisotopic (exact) mass is 563 g/mol. The van der Waals surface area contributed by atoms with Gasteiger partial charge in [-0.2, -0.15) is 0 Å². The molecule has 0 fully saturated rings. The molecule has 0 aliphatic heterocycles. The topological polar surface area (TPSA) is 75.6 Å². The van der Waals surface area contributed by atoms with Crippen molar-refractivity contribution in [2.24, 2.45) is 0 Å². The van der Waals surface area contributed by atoms with E-state index in [4.69, 9.17) is 16.3 Å². The number of hydrogen-bond donors (Lipinski definition) is 2. The van der Waals surface area contributed by atoms with Crippen LogP contribution in [0.3, 0.4) is 0 Å². The van der Waals surface area contributed by atoms with Gasteiger partial charge < -0.3 is 14.9 Å². The molecule has 4 aromatic carbocycles. The van der Waals surface area contributed by atoms with E-state index < -0.39 is 18.9 Å². The molecule has 2 atom stereocenters. The van der Waals surface area contributed by atoms with Gasteiger partial charge in [0, 0.05) is 21.6 Å². The molecule has 2 unspecified atom stereocenters. The lowest BCUT2D eigenvalue weighted by molar-refractivity contribution is -0.116. The Bertz CT molecular complexity index is 1650. The number of nitrogens with one attached hydrogen (secondary N) is 1. The van der Waals surface area contributed by atoms with Gasteiger partial charge in [-0.1, -0.05) is 54.1 Å². The van der Waals surface area contributed by atoms with Gasteiger partial charge >= 0.3 is 0 Å². The fourth-order valence-electron chi connectivity index (χ4n) is 4.68. The molecule has 0 bridgehead atoms. The first-order valence-electron chi connectivity index (χ1n) is 12.2. The minimum atomic E-state index is -3.98. The molecule has 8 heteroatoms. The van der Waals surface area contributed by atoms with E-state index in [0.29, 0.717) is 29.1 Å². The zero-order valence-corrected chi connectivity index (χ0v) is 23.2. The Balaban J connectivity index is 1.44. The van der Waals surface area contributed by atoms with Crippen LogP contribution in [0.5, 0.6) is 5.75 Å². The van der Waals surface area contributed by atoms with Crippen LogP contribution in [0.2, 0.25) is 5.02 Å². The first kappa shape index (κ1) is 26.5. The highest BCUT2D eigenvalue weighted by Gasteiger charge is 2.39. The van der Waals surface area contributed by atoms with Gasteiger partial charge in [0.1, 0.15) is 11.4 Å². The number of carbonyl (C=O) groups is 1. The van der Waals surface area contributed by atoms with Gasteiger partial charge in [0.05, 0.1) is 7.11 Å². The van der Waals surface area contributed by atoms with Crippen molar-refractivity contribution in [2.75, 3.05) is 18.6 Å². The molecule has 5 rings (SSSR count). The summed E-state index contributed by atoms with van der Waals surface area (Å²) >= 11 is 7.70. The Morgan fingerprint density at radius 3 is 2.55 bits per heavy atom. The lowest BCUT2D eigenvalue weighted by Gasteiger charge is -2.23. The number of halogens is 1. The number of amides is 1. The van der Waals surface area contributed by atoms with Crippen LogP contribution in [0, 0.1) is 0 Å². The van der Waals surface area contributed by atoms with Crippen LogP contribution in [0.4, 0.5) is 5.69 Å². The Hall–Kier alpha value is -3.15. The van der Waals surface area contributed by atoms with Gasteiger partial charge in [-0.3, -0.25) is 9.36 Å². The predicted molar refractivity (Wildman–Crippen MR) is 158 cm³/mol. The van der Waals surface area contributed by atoms with Crippen molar-refractivity contribution in [2.45, 2.75) is 18.5 Å². The third kappa shape index (κ3) is 5.79. The molecule has 1 heterocycles. The third-order valence-electron chi connectivity index (χ3n) is 6.63. The van der Waals surface area contributed by atoms with E-state index in [1.54, 1.807) is 24.6 Å². The number of aryl methyl sites for hydroxylation is 1. The fraction of sp³-hybridized carbons (Fsp3) is 0.167. The largest absolute Gasteiger partial charge is 0.497 e. The summed E-state index contributed by atoms with van der Waals surface area (Å²) in [4.78, 5) is 25.1. The molecule has 0 saturated carbocycles. The number of thiophene rings is 1. The number of rotatable bonds is 9. The quantitative estimate of drug-likeness (QED) is 0.177. The molecule has 194 valence electrons. The molecule has 38 heavy (non-hydrogen) atoms. The summed E-state index contributed by atoms with van der Waals surface area (Å²) in [6, 6.07) is 26.5. The second kappa shape index (κ2) is 11.3. The zero-order valence-electron chi connectivity index (χ0n) is 20.8. The predicted octanol–water partition coefficient (Wildman–Crippen LogP) is 8.30. The molecule has 0 aliphatic rings. The van der Waals surface area contributed by atoms with E-state index in [1.165, 1.54) is 11.3 Å². The summed E-state index contributed by atoms with van der Waals surface area (Å²) in [6.45, 7) is 0. The summed E-state index contributed by atoms with van der Waals surface area (Å²) in [5.74, 6) is 0.255. The van der Waals surface area contributed by atoms with E-state index in [2.05, 4.69) is 5.32 Å². The summed E-state index contributed by atoms with van der Waals surface area (Å²) in [5, 5.41) is 7.98. The van der Waals surface area contributed by atoms with Crippen molar-refractivity contribution >= 4 is 62.8 Å². The highest BCUT2D eigenvalue weighted by Crippen LogP contribution is 2.58. The lowest BCUT2D eigenvalue weighted by atomic mass is 10.1. The molecule has 5 aromatic rings. The van der Waals surface area contributed by atoms with E-state index in [-0.39, 0.29) is 6.16 Å². The van der Waals surface area contributed by atoms with Gasteiger partial charge in [-0.15, -0.1) is 11.3 Å². The average molecular weight is 564 g/mol.